The molecule has 20 heavy (non-hydrogen) atoms. The number of benzene rings is 1. The van der Waals surface area contributed by atoms with Crippen molar-refractivity contribution in [1.82, 2.24) is 9.97 Å². The summed E-state index contributed by atoms with van der Waals surface area (Å²) in [7, 11) is 0. The smallest absolute Gasteiger partial charge is 0.136 e. The fraction of sp³-hybridized carbons (Fsp3) is 0.333. The average Bonchev–Trinajstić information content (AvgIpc) is 2.42. The molecule has 5 heteroatoms. The van der Waals surface area contributed by atoms with Gasteiger partial charge in [0.25, 0.3) is 0 Å². The van der Waals surface area contributed by atoms with Crippen LogP contribution < -0.4 is 0 Å². The molecule has 0 saturated heterocycles. The molecular weight excluding hydrogens is 298 g/mol. The van der Waals surface area contributed by atoms with Crippen molar-refractivity contribution in [3.8, 4) is 0 Å². The van der Waals surface area contributed by atoms with E-state index in [2.05, 4.69) is 9.97 Å². The third-order valence-electron chi connectivity index (χ3n) is 3.54. The summed E-state index contributed by atoms with van der Waals surface area (Å²) in [6, 6.07) is 4.35. The Hall–Kier alpha value is -1.19. The maximum absolute atomic E-state index is 13.0. The lowest BCUT2D eigenvalue weighted by molar-refractivity contribution is 0.627. The van der Waals surface area contributed by atoms with Gasteiger partial charge in [-0.1, -0.05) is 29.3 Å². The first-order valence-electron chi connectivity index (χ1n) is 6.61. The van der Waals surface area contributed by atoms with E-state index in [-0.39, 0.29) is 5.82 Å². The predicted molar refractivity (Wildman–Crippen MR) is 77.9 cm³/mol. The van der Waals surface area contributed by atoms with Crippen LogP contribution in [0.3, 0.4) is 0 Å². The molecule has 0 N–H and O–H groups in total. The molecule has 0 bridgehead atoms. The van der Waals surface area contributed by atoms with Crippen molar-refractivity contribution in [3.63, 3.8) is 0 Å². The molecule has 0 atom stereocenters. The summed E-state index contributed by atoms with van der Waals surface area (Å²) >= 11 is 12.3. The minimum Gasteiger partial charge on any atom is -0.237 e. The maximum Gasteiger partial charge on any atom is 0.136 e. The summed E-state index contributed by atoms with van der Waals surface area (Å²) in [6.07, 6.45) is 4.63. The molecule has 1 aromatic heterocycles. The van der Waals surface area contributed by atoms with Crippen molar-refractivity contribution < 1.29 is 4.39 Å². The molecule has 104 valence electrons. The van der Waals surface area contributed by atoms with E-state index < -0.39 is 0 Å². The van der Waals surface area contributed by atoms with E-state index in [0.29, 0.717) is 22.4 Å². The van der Waals surface area contributed by atoms with Crippen LogP contribution in [-0.2, 0) is 19.3 Å². The third-order valence-corrected chi connectivity index (χ3v) is 4.21. The lowest BCUT2D eigenvalue weighted by Crippen LogP contribution is -2.10. The molecule has 0 amide bonds. The van der Waals surface area contributed by atoms with E-state index in [1.54, 1.807) is 6.07 Å². The first kappa shape index (κ1) is 13.8. The van der Waals surface area contributed by atoms with E-state index >= 15 is 0 Å². The number of hydrogen-bond acceptors (Lipinski definition) is 2. The zero-order valence-corrected chi connectivity index (χ0v) is 12.3. The number of halogens is 3. The molecule has 0 fully saturated rings. The Bertz CT molecular complexity index is 659. The SMILES string of the molecule is Fc1ccc(Cc2nc(Cl)c3c(n2)CCCC3)c(Cl)c1. The van der Waals surface area contributed by atoms with Gasteiger partial charge in [0, 0.05) is 22.7 Å². The van der Waals surface area contributed by atoms with Crippen LogP contribution in [0.15, 0.2) is 18.2 Å². The quantitative estimate of drug-likeness (QED) is 0.769. The molecule has 1 aliphatic carbocycles. The van der Waals surface area contributed by atoms with Crippen LogP contribution in [-0.4, -0.2) is 9.97 Å². The average molecular weight is 311 g/mol. The van der Waals surface area contributed by atoms with Gasteiger partial charge in [-0.15, -0.1) is 0 Å². The third kappa shape index (κ3) is 2.79. The summed E-state index contributed by atoms with van der Waals surface area (Å²) in [5, 5.41) is 0.936. The van der Waals surface area contributed by atoms with Crippen LogP contribution in [0.25, 0.3) is 0 Å². The maximum atomic E-state index is 13.0. The Morgan fingerprint density at radius 2 is 1.90 bits per heavy atom. The number of nitrogens with zero attached hydrogens (tertiary/aromatic N) is 2. The first-order chi connectivity index (χ1) is 9.63. The zero-order valence-electron chi connectivity index (χ0n) is 10.8. The molecule has 1 heterocycles. The van der Waals surface area contributed by atoms with Crippen LogP contribution >= 0.6 is 23.2 Å². The van der Waals surface area contributed by atoms with Gasteiger partial charge in [-0.25, -0.2) is 14.4 Å². The van der Waals surface area contributed by atoms with Crippen LogP contribution in [0.5, 0.6) is 0 Å². The minimum absolute atomic E-state index is 0.344. The molecule has 1 aliphatic rings. The zero-order chi connectivity index (χ0) is 14.1. The van der Waals surface area contributed by atoms with Gasteiger partial charge >= 0.3 is 0 Å². The van der Waals surface area contributed by atoms with Gasteiger partial charge < -0.3 is 0 Å². The molecular formula is C15H13Cl2FN2. The lowest BCUT2D eigenvalue weighted by atomic mass is 9.97. The Balaban J connectivity index is 1.93. The van der Waals surface area contributed by atoms with E-state index in [1.807, 2.05) is 0 Å². The molecule has 0 spiro atoms. The van der Waals surface area contributed by atoms with Gasteiger partial charge in [-0.2, -0.15) is 0 Å². The molecule has 2 nitrogen and oxygen atoms in total. The van der Waals surface area contributed by atoms with Gasteiger partial charge in [-0.05, 0) is 43.4 Å². The molecule has 0 aliphatic heterocycles. The summed E-state index contributed by atoms with van der Waals surface area (Å²) in [5.41, 5.74) is 2.93. The van der Waals surface area contributed by atoms with Crippen LogP contribution in [0, 0.1) is 5.82 Å². The number of fused-ring (bicyclic) bond motifs is 1. The summed E-state index contributed by atoms with van der Waals surface area (Å²) in [4.78, 5) is 8.93. The van der Waals surface area contributed by atoms with Gasteiger partial charge in [0.1, 0.15) is 16.8 Å². The van der Waals surface area contributed by atoms with E-state index in [9.17, 15) is 4.39 Å². The number of hydrogen-bond donors (Lipinski definition) is 0. The van der Waals surface area contributed by atoms with Crippen LogP contribution in [0.4, 0.5) is 4.39 Å². The largest absolute Gasteiger partial charge is 0.237 e. The summed E-state index contributed by atoms with van der Waals surface area (Å²) < 4.78 is 13.0. The second kappa shape index (κ2) is 5.66. The number of aryl methyl sites for hydroxylation is 1. The van der Waals surface area contributed by atoms with Crippen LogP contribution in [0.1, 0.15) is 35.5 Å². The lowest BCUT2D eigenvalue weighted by Gasteiger charge is -2.16. The highest BCUT2D eigenvalue weighted by molar-refractivity contribution is 6.31. The van der Waals surface area contributed by atoms with E-state index in [0.717, 1.165) is 42.5 Å². The molecule has 1 aromatic carbocycles. The first-order valence-corrected chi connectivity index (χ1v) is 7.37. The van der Waals surface area contributed by atoms with Crippen molar-refractivity contribution >= 4 is 23.2 Å². The predicted octanol–water partition coefficient (Wildman–Crippen LogP) is 4.39. The van der Waals surface area contributed by atoms with Crippen molar-refractivity contribution in [2.24, 2.45) is 0 Å². The highest BCUT2D eigenvalue weighted by Gasteiger charge is 2.17. The van der Waals surface area contributed by atoms with Crippen molar-refractivity contribution in [3.05, 3.63) is 56.8 Å². The summed E-state index contributed by atoms with van der Waals surface area (Å²) in [5.74, 6) is 0.298. The normalized spacial score (nSPS) is 14.2. The van der Waals surface area contributed by atoms with Crippen molar-refractivity contribution in [1.29, 1.82) is 0 Å². The fourth-order valence-corrected chi connectivity index (χ4v) is 3.05. The molecule has 0 radical (unpaired) electrons. The Morgan fingerprint density at radius 1 is 1.10 bits per heavy atom. The minimum atomic E-state index is -0.344. The summed E-state index contributed by atoms with van der Waals surface area (Å²) in [6.45, 7) is 0. The highest BCUT2D eigenvalue weighted by Crippen LogP contribution is 2.26. The van der Waals surface area contributed by atoms with E-state index in [4.69, 9.17) is 23.2 Å². The Kier molecular flexibility index (Phi) is 3.90. The second-order valence-electron chi connectivity index (χ2n) is 4.98. The molecule has 0 saturated carbocycles. The van der Waals surface area contributed by atoms with E-state index in [1.165, 1.54) is 12.1 Å². The number of aromatic nitrogens is 2. The molecule has 0 unspecified atom stereocenters. The van der Waals surface area contributed by atoms with Gasteiger partial charge in [-0.3, -0.25) is 0 Å². The number of rotatable bonds is 2. The Morgan fingerprint density at radius 3 is 2.70 bits per heavy atom. The monoisotopic (exact) mass is 310 g/mol. The van der Waals surface area contributed by atoms with Gasteiger partial charge in [0.2, 0.25) is 0 Å². The van der Waals surface area contributed by atoms with Crippen molar-refractivity contribution in [2.45, 2.75) is 32.1 Å². The van der Waals surface area contributed by atoms with Gasteiger partial charge in [0.15, 0.2) is 0 Å². The molecule has 3 rings (SSSR count). The Labute approximate surface area is 127 Å². The molecule has 2 aromatic rings. The van der Waals surface area contributed by atoms with Crippen LogP contribution in [0.2, 0.25) is 10.2 Å². The van der Waals surface area contributed by atoms with Crippen molar-refractivity contribution in [2.75, 3.05) is 0 Å². The topological polar surface area (TPSA) is 25.8 Å². The van der Waals surface area contributed by atoms with Gasteiger partial charge in [0.05, 0.1) is 0 Å². The second-order valence-corrected chi connectivity index (χ2v) is 5.74. The standard InChI is InChI=1S/C15H13Cl2FN2/c16-12-8-10(18)6-5-9(12)7-14-19-13-4-2-1-3-11(13)15(17)20-14/h5-6,8H,1-4,7H2. The fourth-order valence-electron chi connectivity index (χ4n) is 2.51. The highest BCUT2D eigenvalue weighted by atomic mass is 35.5.